The maximum absolute atomic E-state index is 10.8. The fourth-order valence-electron chi connectivity index (χ4n) is 0.851. The van der Waals surface area contributed by atoms with E-state index in [1.54, 1.807) is 18.3 Å². The SMILES string of the molecule is COc1ccc(CNS(C)(=O)=O)cn1. The van der Waals surface area contributed by atoms with Gasteiger partial charge in [0.15, 0.2) is 0 Å². The maximum atomic E-state index is 10.8. The highest BCUT2D eigenvalue weighted by atomic mass is 32.2. The van der Waals surface area contributed by atoms with Crippen molar-refractivity contribution >= 4 is 10.0 Å². The van der Waals surface area contributed by atoms with Crippen LogP contribution in [0.15, 0.2) is 18.3 Å². The van der Waals surface area contributed by atoms with Gasteiger partial charge in [-0.05, 0) is 5.56 Å². The van der Waals surface area contributed by atoms with E-state index in [9.17, 15) is 8.42 Å². The van der Waals surface area contributed by atoms with Crippen LogP contribution in [0.5, 0.6) is 5.88 Å². The Bertz CT molecular complexity index is 386. The van der Waals surface area contributed by atoms with Gasteiger partial charge in [-0.2, -0.15) is 0 Å². The zero-order valence-electron chi connectivity index (χ0n) is 8.02. The van der Waals surface area contributed by atoms with Gasteiger partial charge >= 0.3 is 0 Å². The number of nitrogens with zero attached hydrogens (tertiary/aromatic N) is 1. The predicted octanol–water partition coefficient (Wildman–Crippen LogP) is 0.139. The van der Waals surface area contributed by atoms with Crippen LogP contribution >= 0.6 is 0 Å². The molecule has 5 nitrogen and oxygen atoms in total. The third-order valence-electron chi connectivity index (χ3n) is 1.55. The van der Waals surface area contributed by atoms with Gasteiger partial charge in [-0.25, -0.2) is 18.1 Å². The van der Waals surface area contributed by atoms with Crippen molar-refractivity contribution in [3.8, 4) is 5.88 Å². The molecule has 14 heavy (non-hydrogen) atoms. The summed E-state index contributed by atoms with van der Waals surface area (Å²) in [6.07, 6.45) is 2.68. The van der Waals surface area contributed by atoms with Crippen molar-refractivity contribution in [1.82, 2.24) is 9.71 Å². The molecule has 1 heterocycles. The van der Waals surface area contributed by atoms with Crippen molar-refractivity contribution in [3.63, 3.8) is 0 Å². The molecule has 0 aromatic carbocycles. The first-order valence-electron chi connectivity index (χ1n) is 3.95. The molecular formula is C8H12N2O3S. The minimum Gasteiger partial charge on any atom is -0.481 e. The van der Waals surface area contributed by atoms with Crippen LogP contribution in [-0.4, -0.2) is 26.8 Å². The van der Waals surface area contributed by atoms with E-state index in [0.29, 0.717) is 5.88 Å². The van der Waals surface area contributed by atoms with Crippen LogP contribution in [0.2, 0.25) is 0 Å². The third kappa shape index (κ3) is 3.71. The molecule has 0 aliphatic carbocycles. The first-order chi connectivity index (χ1) is 6.51. The van der Waals surface area contributed by atoms with Crippen LogP contribution in [0.3, 0.4) is 0 Å². The van der Waals surface area contributed by atoms with Gasteiger partial charge in [-0.1, -0.05) is 6.07 Å². The Morgan fingerprint density at radius 2 is 2.21 bits per heavy atom. The number of aromatic nitrogens is 1. The summed E-state index contributed by atoms with van der Waals surface area (Å²) in [4.78, 5) is 3.94. The lowest BCUT2D eigenvalue weighted by Gasteiger charge is -2.02. The monoisotopic (exact) mass is 216 g/mol. The molecule has 0 fully saturated rings. The van der Waals surface area contributed by atoms with Crippen molar-refractivity contribution in [2.75, 3.05) is 13.4 Å². The van der Waals surface area contributed by atoms with Crippen molar-refractivity contribution < 1.29 is 13.2 Å². The van der Waals surface area contributed by atoms with Gasteiger partial charge in [0.05, 0.1) is 13.4 Å². The van der Waals surface area contributed by atoms with Crippen LogP contribution in [-0.2, 0) is 16.6 Å². The van der Waals surface area contributed by atoms with E-state index in [1.807, 2.05) is 0 Å². The van der Waals surface area contributed by atoms with E-state index in [-0.39, 0.29) is 6.54 Å². The van der Waals surface area contributed by atoms with Crippen LogP contribution < -0.4 is 9.46 Å². The van der Waals surface area contributed by atoms with E-state index in [4.69, 9.17) is 4.74 Å². The molecule has 0 bridgehead atoms. The molecule has 0 amide bonds. The average molecular weight is 216 g/mol. The standard InChI is InChI=1S/C8H12N2O3S/c1-13-8-4-3-7(5-9-8)6-10-14(2,11)12/h3-5,10H,6H2,1-2H3. The van der Waals surface area contributed by atoms with E-state index >= 15 is 0 Å². The predicted molar refractivity (Wildman–Crippen MR) is 52.5 cm³/mol. The molecule has 0 radical (unpaired) electrons. The summed E-state index contributed by atoms with van der Waals surface area (Å²) in [6, 6.07) is 3.43. The number of methoxy groups -OCH3 is 1. The summed E-state index contributed by atoms with van der Waals surface area (Å²) in [5.74, 6) is 0.508. The average Bonchev–Trinajstić information content (AvgIpc) is 2.14. The van der Waals surface area contributed by atoms with Gasteiger partial charge < -0.3 is 4.74 Å². The molecule has 1 aromatic heterocycles. The van der Waals surface area contributed by atoms with Crippen molar-refractivity contribution in [2.45, 2.75) is 6.54 Å². The minimum atomic E-state index is -3.15. The Hall–Kier alpha value is -1.14. The lowest BCUT2D eigenvalue weighted by Crippen LogP contribution is -2.21. The maximum Gasteiger partial charge on any atom is 0.212 e. The molecule has 6 heteroatoms. The number of hydrogen-bond donors (Lipinski definition) is 1. The molecule has 78 valence electrons. The number of ether oxygens (including phenoxy) is 1. The van der Waals surface area contributed by atoms with Crippen molar-refractivity contribution in [1.29, 1.82) is 0 Å². The number of nitrogens with one attached hydrogen (secondary N) is 1. The van der Waals surface area contributed by atoms with Gasteiger partial charge in [0.1, 0.15) is 0 Å². The molecule has 1 N–H and O–H groups in total. The highest BCUT2D eigenvalue weighted by molar-refractivity contribution is 7.88. The molecule has 0 aliphatic rings. The fraction of sp³-hybridized carbons (Fsp3) is 0.375. The van der Waals surface area contributed by atoms with E-state index < -0.39 is 10.0 Å². The summed E-state index contributed by atoms with van der Waals surface area (Å²) in [7, 11) is -1.62. The molecule has 0 saturated heterocycles. The molecule has 0 spiro atoms. The lowest BCUT2D eigenvalue weighted by molar-refractivity contribution is 0.397. The minimum absolute atomic E-state index is 0.246. The van der Waals surface area contributed by atoms with E-state index in [1.165, 1.54) is 7.11 Å². The highest BCUT2D eigenvalue weighted by Gasteiger charge is 2.01. The second-order valence-electron chi connectivity index (χ2n) is 2.80. The number of hydrogen-bond acceptors (Lipinski definition) is 4. The van der Waals surface area contributed by atoms with Gasteiger partial charge in [-0.3, -0.25) is 0 Å². The van der Waals surface area contributed by atoms with Crippen molar-refractivity contribution in [2.24, 2.45) is 0 Å². The Morgan fingerprint density at radius 3 is 2.64 bits per heavy atom. The summed E-state index contributed by atoms with van der Waals surface area (Å²) >= 11 is 0. The van der Waals surface area contributed by atoms with Crippen LogP contribution in [0.25, 0.3) is 0 Å². The Labute approximate surface area is 83.2 Å². The zero-order valence-corrected chi connectivity index (χ0v) is 8.84. The molecule has 0 aliphatic heterocycles. The summed E-state index contributed by atoms with van der Waals surface area (Å²) in [5.41, 5.74) is 0.788. The van der Waals surface area contributed by atoms with Gasteiger partial charge in [-0.15, -0.1) is 0 Å². The smallest absolute Gasteiger partial charge is 0.212 e. The molecular weight excluding hydrogens is 204 g/mol. The second kappa shape index (κ2) is 4.39. The first kappa shape index (κ1) is 10.9. The van der Waals surface area contributed by atoms with Gasteiger partial charge in [0.25, 0.3) is 0 Å². The Morgan fingerprint density at radius 1 is 1.50 bits per heavy atom. The lowest BCUT2D eigenvalue weighted by atomic mass is 10.3. The topological polar surface area (TPSA) is 68.3 Å². The summed E-state index contributed by atoms with van der Waals surface area (Å²) < 4.78 is 28.8. The highest BCUT2D eigenvalue weighted by Crippen LogP contribution is 2.06. The van der Waals surface area contributed by atoms with Gasteiger partial charge in [0, 0.05) is 18.8 Å². The summed E-state index contributed by atoms with van der Waals surface area (Å²) in [6.45, 7) is 0.246. The largest absolute Gasteiger partial charge is 0.481 e. The molecule has 1 rings (SSSR count). The van der Waals surface area contributed by atoms with Crippen LogP contribution in [0.4, 0.5) is 0 Å². The number of pyridine rings is 1. The quantitative estimate of drug-likeness (QED) is 0.777. The van der Waals surface area contributed by atoms with E-state index in [2.05, 4.69) is 9.71 Å². The molecule has 1 aromatic rings. The Balaban J connectivity index is 2.61. The first-order valence-corrected chi connectivity index (χ1v) is 5.84. The third-order valence-corrected chi connectivity index (χ3v) is 2.21. The fourth-order valence-corrected chi connectivity index (χ4v) is 1.28. The van der Waals surface area contributed by atoms with Crippen LogP contribution in [0, 0.1) is 0 Å². The zero-order chi connectivity index (χ0) is 10.6. The number of rotatable bonds is 4. The molecule has 0 saturated carbocycles. The number of sulfonamides is 1. The second-order valence-corrected chi connectivity index (χ2v) is 4.64. The molecule has 0 atom stereocenters. The molecule has 0 unspecified atom stereocenters. The van der Waals surface area contributed by atoms with E-state index in [0.717, 1.165) is 11.8 Å². The van der Waals surface area contributed by atoms with Gasteiger partial charge in [0.2, 0.25) is 15.9 Å². The van der Waals surface area contributed by atoms with Crippen LogP contribution in [0.1, 0.15) is 5.56 Å². The van der Waals surface area contributed by atoms with Crippen molar-refractivity contribution in [3.05, 3.63) is 23.9 Å². The Kier molecular flexibility index (Phi) is 3.43. The normalized spacial score (nSPS) is 11.3. The summed E-state index contributed by atoms with van der Waals surface area (Å²) in [5, 5.41) is 0.